The third-order valence-corrected chi connectivity index (χ3v) is 5.34. The first-order valence-electron chi connectivity index (χ1n) is 8.50. The molecule has 0 N–H and O–H groups in total. The summed E-state index contributed by atoms with van der Waals surface area (Å²) in [5, 5.41) is 0. The number of ether oxygens (including phenoxy) is 1. The first kappa shape index (κ1) is 15.7. The van der Waals surface area contributed by atoms with E-state index in [1.807, 2.05) is 35.2 Å². The summed E-state index contributed by atoms with van der Waals surface area (Å²) in [7, 11) is 0. The Hall–Kier alpha value is -1.81. The molecule has 0 spiro atoms. The van der Waals surface area contributed by atoms with Gasteiger partial charge in [-0.1, -0.05) is 52.3 Å². The number of amides is 1. The third-order valence-electron chi connectivity index (χ3n) is 4.84. The molecule has 1 saturated carbocycles. The lowest BCUT2D eigenvalue weighted by atomic mass is 10.1. The van der Waals surface area contributed by atoms with Crippen LogP contribution in [0.4, 0.5) is 4.79 Å². The molecule has 2 aromatic rings. The van der Waals surface area contributed by atoms with Crippen LogP contribution in [0.2, 0.25) is 0 Å². The molecule has 1 atom stereocenters. The zero-order valence-electron chi connectivity index (χ0n) is 13.5. The van der Waals surface area contributed by atoms with E-state index in [1.54, 1.807) is 0 Å². The minimum atomic E-state index is -0.179. The number of fused-ring (bicyclic) bond motifs is 1. The van der Waals surface area contributed by atoms with Gasteiger partial charge in [-0.05, 0) is 54.5 Å². The molecule has 2 aliphatic rings. The SMILES string of the molecule is O=C(OCc1ccccc1)N(C1CC1)C1CCc2cc(Br)ccc21. The molecule has 3 nitrogen and oxygen atoms in total. The van der Waals surface area contributed by atoms with Crippen molar-refractivity contribution in [2.45, 2.75) is 44.4 Å². The van der Waals surface area contributed by atoms with E-state index in [4.69, 9.17) is 4.74 Å². The summed E-state index contributed by atoms with van der Waals surface area (Å²) in [4.78, 5) is 14.7. The highest BCUT2D eigenvalue weighted by Gasteiger charge is 2.41. The van der Waals surface area contributed by atoms with Crippen LogP contribution in [0.15, 0.2) is 53.0 Å². The minimum Gasteiger partial charge on any atom is -0.445 e. The average molecular weight is 386 g/mol. The van der Waals surface area contributed by atoms with Gasteiger partial charge in [-0.25, -0.2) is 4.79 Å². The van der Waals surface area contributed by atoms with E-state index in [9.17, 15) is 4.79 Å². The molecule has 24 heavy (non-hydrogen) atoms. The highest BCUT2D eigenvalue weighted by Crippen LogP contribution is 2.42. The first-order valence-corrected chi connectivity index (χ1v) is 9.29. The Morgan fingerprint density at radius 1 is 1.12 bits per heavy atom. The second-order valence-electron chi connectivity index (χ2n) is 6.58. The van der Waals surface area contributed by atoms with Crippen molar-refractivity contribution < 1.29 is 9.53 Å². The normalized spacial score (nSPS) is 19.0. The molecule has 0 saturated heterocycles. The largest absolute Gasteiger partial charge is 0.445 e. The van der Waals surface area contributed by atoms with Gasteiger partial charge in [0, 0.05) is 10.5 Å². The Balaban J connectivity index is 1.50. The van der Waals surface area contributed by atoms with Gasteiger partial charge in [0.15, 0.2) is 0 Å². The van der Waals surface area contributed by atoms with Crippen LogP contribution in [-0.2, 0) is 17.8 Å². The van der Waals surface area contributed by atoms with E-state index in [-0.39, 0.29) is 12.1 Å². The lowest BCUT2D eigenvalue weighted by Crippen LogP contribution is -2.36. The number of rotatable bonds is 4. The van der Waals surface area contributed by atoms with E-state index >= 15 is 0 Å². The van der Waals surface area contributed by atoms with E-state index in [2.05, 4.69) is 34.1 Å². The summed E-state index contributed by atoms with van der Waals surface area (Å²) in [5.41, 5.74) is 3.65. The van der Waals surface area contributed by atoms with E-state index < -0.39 is 0 Å². The molecule has 2 aliphatic carbocycles. The molecule has 0 bridgehead atoms. The summed E-state index contributed by atoms with van der Waals surface area (Å²) < 4.78 is 6.72. The van der Waals surface area contributed by atoms with Crippen molar-refractivity contribution in [3.05, 3.63) is 69.7 Å². The summed E-state index contributed by atoms with van der Waals surface area (Å²) >= 11 is 3.54. The standard InChI is InChI=1S/C20H20BrNO2/c21-16-7-10-18-15(12-16)6-11-19(18)22(17-8-9-17)20(23)24-13-14-4-2-1-3-5-14/h1-5,7,10,12,17,19H,6,8-9,11,13H2. The van der Waals surface area contributed by atoms with Crippen molar-refractivity contribution in [2.75, 3.05) is 0 Å². The topological polar surface area (TPSA) is 29.5 Å². The number of hydrogen-bond acceptors (Lipinski definition) is 2. The predicted molar refractivity (Wildman–Crippen MR) is 96.7 cm³/mol. The van der Waals surface area contributed by atoms with Gasteiger partial charge in [0.2, 0.25) is 0 Å². The van der Waals surface area contributed by atoms with Crippen molar-refractivity contribution in [2.24, 2.45) is 0 Å². The smallest absolute Gasteiger partial charge is 0.410 e. The third kappa shape index (κ3) is 3.20. The maximum atomic E-state index is 12.8. The van der Waals surface area contributed by atoms with Gasteiger partial charge < -0.3 is 4.74 Å². The Morgan fingerprint density at radius 3 is 2.67 bits per heavy atom. The molecule has 4 heteroatoms. The van der Waals surface area contributed by atoms with Crippen LogP contribution in [0.5, 0.6) is 0 Å². The molecule has 2 aromatic carbocycles. The van der Waals surface area contributed by atoms with Gasteiger partial charge in [0.05, 0.1) is 6.04 Å². The molecular weight excluding hydrogens is 366 g/mol. The zero-order chi connectivity index (χ0) is 16.5. The predicted octanol–water partition coefficient (Wildman–Crippen LogP) is 5.24. The van der Waals surface area contributed by atoms with Crippen molar-refractivity contribution in [3.63, 3.8) is 0 Å². The van der Waals surface area contributed by atoms with E-state index in [1.165, 1.54) is 11.1 Å². The molecule has 4 rings (SSSR count). The second kappa shape index (κ2) is 6.60. The van der Waals surface area contributed by atoms with E-state index in [0.29, 0.717) is 12.6 Å². The Kier molecular flexibility index (Phi) is 4.31. The molecule has 0 aromatic heterocycles. The van der Waals surface area contributed by atoms with Gasteiger partial charge >= 0.3 is 6.09 Å². The highest BCUT2D eigenvalue weighted by molar-refractivity contribution is 9.10. The summed E-state index contributed by atoms with van der Waals surface area (Å²) in [6.07, 6.45) is 4.00. The molecule has 124 valence electrons. The fourth-order valence-corrected chi connectivity index (χ4v) is 3.94. The molecule has 0 aliphatic heterocycles. The van der Waals surface area contributed by atoms with Crippen LogP contribution in [0, 0.1) is 0 Å². The fraction of sp³-hybridized carbons (Fsp3) is 0.350. The summed E-state index contributed by atoms with van der Waals surface area (Å²) in [5.74, 6) is 0. The van der Waals surface area contributed by atoms with Crippen LogP contribution in [0.1, 0.15) is 42.0 Å². The van der Waals surface area contributed by atoms with Gasteiger partial charge in [-0.3, -0.25) is 4.90 Å². The number of hydrogen-bond donors (Lipinski definition) is 0. The number of halogens is 1. The van der Waals surface area contributed by atoms with Crippen LogP contribution in [-0.4, -0.2) is 17.0 Å². The minimum absolute atomic E-state index is 0.156. The lowest BCUT2D eigenvalue weighted by molar-refractivity contribution is 0.0766. The molecule has 1 fully saturated rings. The molecule has 1 amide bonds. The lowest BCUT2D eigenvalue weighted by Gasteiger charge is -2.29. The molecule has 0 heterocycles. The van der Waals surface area contributed by atoms with Crippen LogP contribution < -0.4 is 0 Å². The van der Waals surface area contributed by atoms with Crippen LogP contribution in [0.25, 0.3) is 0 Å². The Labute approximate surface area is 150 Å². The van der Waals surface area contributed by atoms with Crippen LogP contribution >= 0.6 is 15.9 Å². The maximum absolute atomic E-state index is 12.8. The summed E-state index contributed by atoms with van der Waals surface area (Å²) in [6, 6.07) is 16.8. The quantitative estimate of drug-likeness (QED) is 0.720. The second-order valence-corrected chi connectivity index (χ2v) is 7.49. The summed E-state index contributed by atoms with van der Waals surface area (Å²) in [6.45, 7) is 0.336. The van der Waals surface area contributed by atoms with Crippen molar-refractivity contribution in [1.29, 1.82) is 0 Å². The van der Waals surface area contributed by atoms with Gasteiger partial charge in [-0.2, -0.15) is 0 Å². The van der Waals surface area contributed by atoms with Crippen molar-refractivity contribution in [3.8, 4) is 0 Å². The van der Waals surface area contributed by atoms with Gasteiger partial charge in [0.25, 0.3) is 0 Å². The number of benzene rings is 2. The average Bonchev–Trinajstić information content (AvgIpc) is 3.35. The van der Waals surface area contributed by atoms with Gasteiger partial charge in [-0.15, -0.1) is 0 Å². The fourth-order valence-electron chi connectivity index (χ4n) is 3.53. The molecule has 1 unspecified atom stereocenters. The first-order chi connectivity index (χ1) is 11.7. The number of carbonyl (C=O) groups excluding carboxylic acids is 1. The molecular formula is C20H20BrNO2. The van der Waals surface area contributed by atoms with Crippen LogP contribution in [0.3, 0.4) is 0 Å². The molecule has 0 radical (unpaired) electrons. The highest BCUT2D eigenvalue weighted by atomic mass is 79.9. The monoisotopic (exact) mass is 385 g/mol. The number of carbonyl (C=O) groups is 1. The zero-order valence-corrected chi connectivity index (χ0v) is 15.0. The Morgan fingerprint density at radius 2 is 1.92 bits per heavy atom. The van der Waals surface area contributed by atoms with Gasteiger partial charge in [0.1, 0.15) is 6.61 Å². The Bertz CT molecular complexity index is 743. The maximum Gasteiger partial charge on any atom is 0.410 e. The van der Waals surface area contributed by atoms with Crippen molar-refractivity contribution >= 4 is 22.0 Å². The number of nitrogens with zero attached hydrogens (tertiary/aromatic N) is 1. The van der Waals surface area contributed by atoms with Crippen molar-refractivity contribution in [1.82, 2.24) is 4.90 Å². The van der Waals surface area contributed by atoms with E-state index in [0.717, 1.165) is 35.7 Å². The number of aryl methyl sites for hydroxylation is 1.